The van der Waals surface area contributed by atoms with Crippen molar-refractivity contribution in [2.45, 2.75) is 25.7 Å². The minimum Gasteiger partial charge on any atom is -0.269 e. The van der Waals surface area contributed by atoms with E-state index in [1.165, 1.54) is 4.31 Å². The third-order valence-corrected chi connectivity index (χ3v) is 6.72. The van der Waals surface area contributed by atoms with E-state index in [0.29, 0.717) is 11.3 Å². The van der Waals surface area contributed by atoms with Crippen molar-refractivity contribution >= 4 is 15.7 Å². The lowest BCUT2D eigenvalue weighted by Crippen LogP contribution is -2.26. The Hall–Kier alpha value is -3.10. The van der Waals surface area contributed by atoms with Crippen LogP contribution in [0.5, 0.6) is 0 Å². The third kappa shape index (κ3) is 3.64. The van der Waals surface area contributed by atoms with Crippen molar-refractivity contribution in [3.05, 3.63) is 82.9 Å². The molecular formula is C23H22N2O2S. The first-order chi connectivity index (χ1) is 13.2. The molecule has 0 saturated carbocycles. The highest BCUT2D eigenvalue weighted by Gasteiger charge is 2.21. The van der Waals surface area contributed by atoms with E-state index in [4.69, 9.17) is 5.26 Å². The second-order valence-electron chi connectivity index (χ2n) is 6.93. The SMILES string of the molecule is Cc1ccc(S(=O)(=O)N(C)c2ccc(C)c(-c3ccc(C#N)c(C)c3)c2)cc1. The van der Waals surface area contributed by atoms with Crippen LogP contribution in [-0.2, 0) is 10.0 Å². The summed E-state index contributed by atoms with van der Waals surface area (Å²) in [5.74, 6) is 0. The highest BCUT2D eigenvalue weighted by Crippen LogP contribution is 2.31. The Kier molecular flexibility index (Phi) is 5.26. The van der Waals surface area contributed by atoms with Gasteiger partial charge in [-0.3, -0.25) is 4.31 Å². The molecule has 0 amide bonds. The first-order valence-corrected chi connectivity index (χ1v) is 10.4. The van der Waals surface area contributed by atoms with E-state index < -0.39 is 10.0 Å². The summed E-state index contributed by atoms with van der Waals surface area (Å²) in [6.45, 7) is 5.81. The smallest absolute Gasteiger partial charge is 0.264 e. The topological polar surface area (TPSA) is 61.2 Å². The minimum atomic E-state index is -3.65. The van der Waals surface area contributed by atoms with Gasteiger partial charge in [0.05, 0.1) is 22.2 Å². The Morgan fingerprint density at radius 3 is 2.14 bits per heavy atom. The van der Waals surface area contributed by atoms with Crippen molar-refractivity contribution in [1.29, 1.82) is 5.26 Å². The highest BCUT2D eigenvalue weighted by molar-refractivity contribution is 7.92. The Bertz CT molecular complexity index is 1170. The average molecular weight is 391 g/mol. The predicted octanol–water partition coefficient (Wildman–Crippen LogP) is 4.98. The fraction of sp³-hybridized carbons (Fsp3) is 0.174. The van der Waals surface area contributed by atoms with Gasteiger partial charge in [-0.25, -0.2) is 8.42 Å². The van der Waals surface area contributed by atoms with Crippen molar-refractivity contribution in [1.82, 2.24) is 0 Å². The summed E-state index contributed by atoms with van der Waals surface area (Å²) in [6.07, 6.45) is 0. The van der Waals surface area contributed by atoms with Crippen molar-refractivity contribution in [3.8, 4) is 17.2 Å². The van der Waals surface area contributed by atoms with Crippen LogP contribution in [0.4, 0.5) is 5.69 Å². The standard InChI is InChI=1S/C23H22N2O2S/c1-16-5-11-22(12-6-16)28(26,27)25(4)21-10-7-17(2)23(14-21)19-8-9-20(15-24)18(3)13-19/h5-14H,1-4H3. The maximum absolute atomic E-state index is 13.0. The predicted molar refractivity (Wildman–Crippen MR) is 113 cm³/mol. The van der Waals surface area contributed by atoms with Crippen LogP contribution >= 0.6 is 0 Å². The first kappa shape index (κ1) is 19.7. The Morgan fingerprint density at radius 1 is 0.857 bits per heavy atom. The number of rotatable bonds is 4. The molecule has 28 heavy (non-hydrogen) atoms. The molecule has 0 radical (unpaired) electrons. The van der Waals surface area contributed by atoms with Crippen LogP contribution in [0.1, 0.15) is 22.3 Å². The van der Waals surface area contributed by atoms with Crippen molar-refractivity contribution < 1.29 is 8.42 Å². The summed E-state index contributed by atoms with van der Waals surface area (Å²) in [6, 6.07) is 20.3. The van der Waals surface area contributed by atoms with Crippen molar-refractivity contribution in [2.24, 2.45) is 0 Å². The van der Waals surface area contributed by atoms with Crippen LogP contribution in [-0.4, -0.2) is 15.5 Å². The van der Waals surface area contributed by atoms with Gasteiger partial charge in [-0.15, -0.1) is 0 Å². The molecule has 0 unspecified atom stereocenters. The molecule has 0 spiro atoms. The normalized spacial score (nSPS) is 11.1. The van der Waals surface area contributed by atoms with E-state index in [-0.39, 0.29) is 4.90 Å². The zero-order chi connectivity index (χ0) is 20.5. The molecular weight excluding hydrogens is 368 g/mol. The molecule has 3 aromatic rings. The zero-order valence-electron chi connectivity index (χ0n) is 16.4. The molecule has 0 atom stereocenters. The first-order valence-electron chi connectivity index (χ1n) is 8.91. The number of aryl methyl sites for hydroxylation is 3. The van der Waals surface area contributed by atoms with E-state index in [0.717, 1.165) is 27.8 Å². The van der Waals surface area contributed by atoms with Gasteiger partial charge in [0.25, 0.3) is 10.0 Å². The second kappa shape index (κ2) is 7.49. The summed E-state index contributed by atoms with van der Waals surface area (Å²) in [7, 11) is -2.09. The van der Waals surface area contributed by atoms with Crippen LogP contribution in [0.15, 0.2) is 65.6 Å². The lowest BCUT2D eigenvalue weighted by molar-refractivity contribution is 0.594. The molecule has 0 bridgehead atoms. The number of nitrogens with zero attached hydrogens (tertiary/aromatic N) is 2. The second-order valence-corrected chi connectivity index (χ2v) is 8.90. The molecule has 0 aromatic heterocycles. The van der Waals surface area contributed by atoms with Crippen LogP contribution in [0.25, 0.3) is 11.1 Å². The number of benzene rings is 3. The fourth-order valence-electron chi connectivity index (χ4n) is 3.08. The van der Waals surface area contributed by atoms with Gasteiger partial charge in [-0.1, -0.05) is 35.9 Å². The van der Waals surface area contributed by atoms with E-state index in [2.05, 4.69) is 6.07 Å². The molecule has 0 aliphatic carbocycles. The van der Waals surface area contributed by atoms with Gasteiger partial charge >= 0.3 is 0 Å². The monoisotopic (exact) mass is 390 g/mol. The third-order valence-electron chi connectivity index (χ3n) is 4.92. The quantitative estimate of drug-likeness (QED) is 0.631. The largest absolute Gasteiger partial charge is 0.269 e. The molecule has 0 saturated heterocycles. The van der Waals surface area contributed by atoms with Gasteiger partial charge in [0.2, 0.25) is 0 Å². The lowest BCUT2D eigenvalue weighted by Gasteiger charge is -2.21. The molecule has 4 nitrogen and oxygen atoms in total. The summed E-state index contributed by atoms with van der Waals surface area (Å²) >= 11 is 0. The summed E-state index contributed by atoms with van der Waals surface area (Å²) in [5.41, 5.74) is 6.06. The van der Waals surface area contributed by atoms with Gasteiger partial charge in [0.15, 0.2) is 0 Å². The molecule has 142 valence electrons. The number of nitriles is 1. The number of hydrogen-bond acceptors (Lipinski definition) is 3. The lowest BCUT2D eigenvalue weighted by atomic mass is 9.96. The number of sulfonamides is 1. The van der Waals surface area contributed by atoms with E-state index >= 15 is 0 Å². The molecule has 5 heteroatoms. The molecule has 0 fully saturated rings. The summed E-state index contributed by atoms with van der Waals surface area (Å²) < 4.78 is 27.3. The fourth-order valence-corrected chi connectivity index (χ4v) is 4.27. The number of hydrogen-bond donors (Lipinski definition) is 0. The minimum absolute atomic E-state index is 0.261. The average Bonchev–Trinajstić information content (AvgIpc) is 2.68. The highest BCUT2D eigenvalue weighted by atomic mass is 32.2. The maximum Gasteiger partial charge on any atom is 0.264 e. The van der Waals surface area contributed by atoms with Gasteiger partial charge in [0, 0.05) is 7.05 Å². The van der Waals surface area contributed by atoms with E-state index in [1.54, 1.807) is 43.4 Å². The van der Waals surface area contributed by atoms with Crippen molar-refractivity contribution in [2.75, 3.05) is 11.4 Å². The summed E-state index contributed by atoms with van der Waals surface area (Å²) in [5, 5.41) is 9.14. The Labute approximate surface area is 166 Å². The van der Waals surface area contributed by atoms with Crippen LogP contribution in [0.3, 0.4) is 0 Å². The van der Waals surface area contributed by atoms with Crippen LogP contribution in [0, 0.1) is 32.1 Å². The van der Waals surface area contributed by atoms with Gasteiger partial charge < -0.3 is 0 Å². The van der Waals surface area contributed by atoms with E-state index in [1.807, 2.05) is 45.0 Å². The molecule has 0 N–H and O–H groups in total. The molecule has 0 aliphatic heterocycles. The maximum atomic E-state index is 13.0. The van der Waals surface area contributed by atoms with Crippen molar-refractivity contribution in [3.63, 3.8) is 0 Å². The van der Waals surface area contributed by atoms with Crippen LogP contribution in [0.2, 0.25) is 0 Å². The van der Waals surface area contributed by atoms with E-state index in [9.17, 15) is 8.42 Å². The Morgan fingerprint density at radius 2 is 1.54 bits per heavy atom. The zero-order valence-corrected chi connectivity index (χ0v) is 17.2. The van der Waals surface area contributed by atoms with Crippen LogP contribution < -0.4 is 4.31 Å². The summed E-state index contributed by atoms with van der Waals surface area (Å²) in [4.78, 5) is 0.261. The molecule has 3 aromatic carbocycles. The molecule has 0 aliphatic rings. The molecule has 3 rings (SSSR count). The number of anilines is 1. The van der Waals surface area contributed by atoms with Gasteiger partial charge in [0.1, 0.15) is 0 Å². The molecule has 0 heterocycles. The van der Waals surface area contributed by atoms with Gasteiger partial charge in [-0.05, 0) is 73.4 Å². The van der Waals surface area contributed by atoms with Gasteiger partial charge in [-0.2, -0.15) is 5.26 Å². The Balaban J connectivity index is 2.04.